The maximum absolute atomic E-state index is 14.3. The van der Waals surface area contributed by atoms with Crippen molar-refractivity contribution >= 4 is 43.6 Å². The molecule has 0 saturated heterocycles. The van der Waals surface area contributed by atoms with Gasteiger partial charge >= 0.3 is 6.18 Å². The number of aromatic nitrogens is 2. The fourth-order valence-corrected chi connectivity index (χ4v) is 8.82. The molecule has 2 heterocycles. The molecule has 60 heavy (non-hydrogen) atoms. The SMILES string of the molecule is Cc1cc(-c2ccc(-n3c4ccc(C)cc4c4cc(C(C)(C)C)ccc43)c(-c3ccc(C#N)cc3-n3c4ccccc4c4cc(C(C)(C)C)ccc43)c2)cc(C(F)(F)F)c1. The van der Waals surface area contributed by atoms with Crippen molar-refractivity contribution in [3.05, 3.63) is 167 Å². The Bertz CT molecular complexity index is 3240. The zero-order valence-corrected chi connectivity index (χ0v) is 35.2. The summed E-state index contributed by atoms with van der Waals surface area (Å²) in [6, 6.07) is 46.6. The average Bonchev–Trinajstić information content (AvgIpc) is 3.70. The molecule has 0 atom stereocenters. The molecule has 0 bridgehead atoms. The summed E-state index contributed by atoms with van der Waals surface area (Å²) in [6.45, 7) is 17.1. The van der Waals surface area contributed by atoms with Crippen LogP contribution in [0.2, 0.25) is 0 Å². The molecule has 9 aromatic rings. The summed E-state index contributed by atoms with van der Waals surface area (Å²) in [5.41, 5.74) is 12.3. The quantitative estimate of drug-likeness (QED) is 0.175. The molecule has 7 aromatic carbocycles. The van der Waals surface area contributed by atoms with Gasteiger partial charge in [-0.25, -0.2) is 0 Å². The van der Waals surface area contributed by atoms with Crippen molar-refractivity contribution < 1.29 is 13.2 Å². The maximum atomic E-state index is 14.3. The summed E-state index contributed by atoms with van der Waals surface area (Å²) in [5.74, 6) is 0. The molecular formula is C54H46F3N3. The lowest BCUT2D eigenvalue weighted by Gasteiger charge is -2.21. The van der Waals surface area contributed by atoms with Crippen molar-refractivity contribution in [3.63, 3.8) is 0 Å². The van der Waals surface area contributed by atoms with Crippen LogP contribution in [-0.4, -0.2) is 9.13 Å². The molecule has 0 N–H and O–H groups in total. The van der Waals surface area contributed by atoms with Crippen LogP contribution in [0.25, 0.3) is 77.2 Å². The molecule has 6 heteroatoms. The van der Waals surface area contributed by atoms with E-state index in [2.05, 4.69) is 136 Å². The third-order valence-corrected chi connectivity index (χ3v) is 12.0. The Kier molecular flexibility index (Phi) is 8.91. The van der Waals surface area contributed by atoms with E-state index in [1.165, 1.54) is 23.3 Å². The van der Waals surface area contributed by atoms with Gasteiger partial charge < -0.3 is 9.13 Å². The largest absolute Gasteiger partial charge is 0.416 e. The van der Waals surface area contributed by atoms with Crippen LogP contribution in [-0.2, 0) is 17.0 Å². The van der Waals surface area contributed by atoms with Crippen molar-refractivity contribution in [2.75, 3.05) is 0 Å². The Labute approximate surface area is 348 Å². The predicted molar refractivity (Wildman–Crippen MR) is 243 cm³/mol. The van der Waals surface area contributed by atoms with Gasteiger partial charge in [0.15, 0.2) is 0 Å². The van der Waals surface area contributed by atoms with E-state index in [1.807, 2.05) is 48.5 Å². The first kappa shape index (κ1) is 38.9. The zero-order valence-electron chi connectivity index (χ0n) is 35.2. The van der Waals surface area contributed by atoms with Crippen molar-refractivity contribution in [2.24, 2.45) is 0 Å². The normalized spacial score (nSPS) is 12.6. The molecule has 2 aromatic heterocycles. The maximum Gasteiger partial charge on any atom is 0.416 e. The Morgan fingerprint density at radius 2 is 1.03 bits per heavy atom. The summed E-state index contributed by atoms with van der Waals surface area (Å²) in [4.78, 5) is 0. The minimum Gasteiger partial charge on any atom is -0.309 e. The van der Waals surface area contributed by atoms with Gasteiger partial charge in [0, 0.05) is 32.7 Å². The van der Waals surface area contributed by atoms with Crippen LogP contribution in [0, 0.1) is 25.2 Å². The molecule has 0 aliphatic rings. The topological polar surface area (TPSA) is 33.6 Å². The summed E-state index contributed by atoms with van der Waals surface area (Å²) in [7, 11) is 0. The molecule has 9 rings (SSSR count). The van der Waals surface area contributed by atoms with E-state index in [0.717, 1.165) is 71.7 Å². The second-order valence-electron chi connectivity index (χ2n) is 18.3. The first-order chi connectivity index (χ1) is 28.4. The van der Waals surface area contributed by atoms with E-state index >= 15 is 0 Å². The molecule has 0 aliphatic carbocycles. The molecule has 0 amide bonds. The van der Waals surface area contributed by atoms with E-state index < -0.39 is 11.7 Å². The van der Waals surface area contributed by atoms with E-state index in [4.69, 9.17) is 0 Å². The number of hydrogen-bond donors (Lipinski definition) is 0. The third-order valence-electron chi connectivity index (χ3n) is 12.0. The number of para-hydroxylation sites is 1. The lowest BCUT2D eigenvalue weighted by atomic mass is 9.86. The highest BCUT2D eigenvalue weighted by Crippen LogP contribution is 2.44. The number of alkyl halides is 3. The fraction of sp³-hybridized carbons (Fsp3) is 0.204. The predicted octanol–water partition coefficient (Wildman–Crippen LogP) is 15.3. The van der Waals surface area contributed by atoms with E-state index in [1.54, 1.807) is 6.92 Å². The van der Waals surface area contributed by atoms with Gasteiger partial charge in [0.1, 0.15) is 0 Å². The van der Waals surface area contributed by atoms with E-state index in [9.17, 15) is 18.4 Å². The fourth-order valence-electron chi connectivity index (χ4n) is 8.82. The Hall–Kier alpha value is -6.58. The smallest absolute Gasteiger partial charge is 0.309 e. The second kappa shape index (κ2) is 13.7. The lowest BCUT2D eigenvalue weighted by molar-refractivity contribution is -0.137. The first-order valence-corrected chi connectivity index (χ1v) is 20.4. The summed E-state index contributed by atoms with van der Waals surface area (Å²) in [6.07, 6.45) is -4.50. The van der Waals surface area contributed by atoms with E-state index in [0.29, 0.717) is 22.3 Å². The lowest BCUT2D eigenvalue weighted by Crippen LogP contribution is -2.10. The van der Waals surface area contributed by atoms with Crippen molar-refractivity contribution in [2.45, 2.75) is 72.4 Å². The van der Waals surface area contributed by atoms with Gasteiger partial charge in [-0.15, -0.1) is 0 Å². The molecule has 0 radical (unpaired) electrons. The highest BCUT2D eigenvalue weighted by Gasteiger charge is 2.31. The number of nitriles is 1. The van der Waals surface area contributed by atoms with Crippen LogP contribution in [0.15, 0.2) is 133 Å². The first-order valence-electron chi connectivity index (χ1n) is 20.4. The third kappa shape index (κ3) is 6.54. The highest BCUT2D eigenvalue weighted by atomic mass is 19.4. The number of nitrogens with zero attached hydrogens (tertiary/aromatic N) is 3. The highest BCUT2D eigenvalue weighted by molar-refractivity contribution is 6.12. The van der Waals surface area contributed by atoms with Crippen LogP contribution in [0.4, 0.5) is 13.2 Å². The molecule has 0 saturated carbocycles. The second-order valence-corrected chi connectivity index (χ2v) is 18.3. The minimum absolute atomic E-state index is 0.0737. The zero-order chi connectivity index (χ0) is 42.5. The Balaban J connectivity index is 1.41. The molecule has 0 aliphatic heterocycles. The Morgan fingerprint density at radius 1 is 0.450 bits per heavy atom. The minimum atomic E-state index is -4.50. The monoisotopic (exact) mass is 793 g/mol. The molecule has 0 spiro atoms. The summed E-state index contributed by atoms with van der Waals surface area (Å²) in [5, 5.41) is 14.8. The summed E-state index contributed by atoms with van der Waals surface area (Å²) < 4.78 is 47.4. The number of halogens is 3. The van der Waals surface area contributed by atoms with Gasteiger partial charge in [-0.3, -0.25) is 0 Å². The number of rotatable bonds is 4. The number of benzene rings is 7. The van der Waals surface area contributed by atoms with Gasteiger partial charge in [0.2, 0.25) is 0 Å². The standard InChI is InChI=1S/C54H46F3N3/c1-32-13-19-47-42(25-32)45-30-38(53(6,7)8)17-22-50(45)59(47)48-20-15-35(36-23-33(2)24-39(27-36)54(55,56)57)28-43(48)41-18-14-34(31-58)26-51(41)60-46-12-10-9-11-40(46)44-29-37(52(3,4)5)16-21-49(44)60/h9-30H,1-8H3. The molecule has 298 valence electrons. The van der Waals surface area contributed by atoms with Crippen molar-refractivity contribution in [1.82, 2.24) is 9.13 Å². The average molecular weight is 794 g/mol. The van der Waals surface area contributed by atoms with Gasteiger partial charge in [0.25, 0.3) is 0 Å². The molecule has 0 fully saturated rings. The summed E-state index contributed by atoms with van der Waals surface area (Å²) >= 11 is 0. The van der Waals surface area contributed by atoms with Crippen LogP contribution >= 0.6 is 0 Å². The number of fused-ring (bicyclic) bond motifs is 6. The van der Waals surface area contributed by atoms with Gasteiger partial charge in [-0.1, -0.05) is 102 Å². The van der Waals surface area contributed by atoms with Crippen LogP contribution in [0.1, 0.15) is 74.9 Å². The Morgan fingerprint density at radius 3 is 1.67 bits per heavy atom. The van der Waals surface area contributed by atoms with Crippen molar-refractivity contribution in [3.8, 4) is 39.7 Å². The van der Waals surface area contributed by atoms with Crippen LogP contribution < -0.4 is 0 Å². The van der Waals surface area contributed by atoms with Crippen molar-refractivity contribution in [1.29, 1.82) is 5.26 Å². The van der Waals surface area contributed by atoms with Crippen LogP contribution in [0.3, 0.4) is 0 Å². The van der Waals surface area contributed by atoms with Gasteiger partial charge in [-0.2, -0.15) is 18.4 Å². The van der Waals surface area contributed by atoms with Gasteiger partial charge in [-0.05, 0) is 131 Å². The van der Waals surface area contributed by atoms with Crippen LogP contribution in [0.5, 0.6) is 0 Å². The number of aryl methyl sites for hydroxylation is 2. The molecule has 0 unspecified atom stereocenters. The molecular weight excluding hydrogens is 748 g/mol. The molecule has 3 nitrogen and oxygen atoms in total. The van der Waals surface area contributed by atoms with Gasteiger partial charge in [0.05, 0.1) is 50.6 Å². The van der Waals surface area contributed by atoms with E-state index in [-0.39, 0.29) is 10.8 Å². The number of hydrogen-bond acceptors (Lipinski definition) is 1.